The number of aromatic nitrogens is 1. The van der Waals surface area contributed by atoms with E-state index in [1.807, 2.05) is 12.1 Å². The van der Waals surface area contributed by atoms with Crippen LogP contribution in [0.5, 0.6) is 17.2 Å². The van der Waals surface area contributed by atoms with Crippen molar-refractivity contribution in [2.75, 3.05) is 21.3 Å². The van der Waals surface area contributed by atoms with Crippen molar-refractivity contribution in [3.8, 4) is 28.5 Å². The van der Waals surface area contributed by atoms with Gasteiger partial charge in [-0.1, -0.05) is 18.2 Å². The number of hydrogen-bond donors (Lipinski definition) is 0. The number of benzene rings is 2. The normalized spacial score (nSPS) is 17.7. The molecular weight excluding hydrogens is 414 g/mol. The summed E-state index contributed by atoms with van der Waals surface area (Å²) in [6.07, 6.45) is -0.883. The fourth-order valence-corrected chi connectivity index (χ4v) is 3.73. The third-order valence-corrected chi connectivity index (χ3v) is 5.27. The van der Waals surface area contributed by atoms with E-state index in [4.69, 9.17) is 28.7 Å². The topological polar surface area (TPSA) is 93.2 Å². The van der Waals surface area contributed by atoms with Crippen LogP contribution >= 0.6 is 0 Å². The van der Waals surface area contributed by atoms with E-state index >= 15 is 0 Å². The van der Waals surface area contributed by atoms with Gasteiger partial charge in [-0.3, -0.25) is 0 Å². The van der Waals surface area contributed by atoms with E-state index in [1.54, 1.807) is 37.3 Å². The van der Waals surface area contributed by atoms with Gasteiger partial charge in [0, 0.05) is 17.4 Å². The maximum atomic E-state index is 13.1. The Bertz CT molecular complexity index is 1170. The number of pyridine rings is 1. The monoisotopic (exact) mass is 437 g/mol. The Kier molecular flexibility index (Phi) is 5.85. The molecule has 0 spiro atoms. The molecule has 0 aliphatic carbocycles. The van der Waals surface area contributed by atoms with Crippen LogP contribution in [0.4, 0.5) is 0 Å². The van der Waals surface area contributed by atoms with Gasteiger partial charge in [0.25, 0.3) is 0 Å². The van der Waals surface area contributed by atoms with Crippen LogP contribution in [0.3, 0.4) is 0 Å². The van der Waals surface area contributed by atoms with Crippen molar-refractivity contribution in [1.29, 1.82) is 0 Å². The number of fused-ring (bicyclic) bond motifs is 1. The summed E-state index contributed by atoms with van der Waals surface area (Å²) < 4.78 is 26.9. The third-order valence-electron chi connectivity index (χ3n) is 5.27. The average Bonchev–Trinajstić information content (AvgIpc) is 3.13. The molecular formula is C24H23NO7. The molecule has 1 saturated heterocycles. The lowest BCUT2D eigenvalue weighted by Gasteiger charge is -2.15. The van der Waals surface area contributed by atoms with Gasteiger partial charge in [0.05, 0.1) is 38.1 Å². The molecule has 2 heterocycles. The van der Waals surface area contributed by atoms with E-state index in [9.17, 15) is 9.59 Å². The highest BCUT2D eigenvalue weighted by Crippen LogP contribution is 2.41. The molecule has 2 aromatic carbocycles. The molecule has 0 N–H and O–H groups in total. The number of carbonyl (C=O) groups excluding carboxylic acids is 2. The summed E-state index contributed by atoms with van der Waals surface area (Å²) in [6, 6.07) is 12.4. The van der Waals surface area contributed by atoms with E-state index in [1.165, 1.54) is 21.3 Å². The number of para-hydroxylation sites is 1. The summed E-state index contributed by atoms with van der Waals surface area (Å²) in [5.74, 6) is 0.225. The summed E-state index contributed by atoms with van der Waals surface area (Å²) in [7, 11) is 4.58. The molecule has 0 bridgehead atoms. The van der Waals surface area contributed by atoms with Gasteiger partial charge in [0.2, 0.25) is 11.9 Å². The first-order chi connectivity index (χ1) is 15.4. The van der Waals surface area contributed by atoms with Crippen LogP contribution < -0.4 is 14.2 Å². The lowest BCUT2D eigenvalue weighted by atomic mass is 10.0. The Morgan fingerprint density at radius 1 is 1.03 bits per heavy atom. The predicted octanol–water partition coefficient (Wildman–Crippen LogP) is 3.79. The van der Waals surface area contributed by atoms with Crippen LogP contribution in [0.1, 0.15) is 23.7 Å². The zero-order chi connectivity index (χ0) is 22.8. The molecule has 1 fully saturated rings. The van der Waals surface area contributed by atoms with Crippen LogP contribution in [0.2, 0.25) is 0 Å². The number of cyclic esters (lactones) is 1. The van der Waals surface area contributed by atoms with Crippen LogP contribution in [-0.4, -0.2) is 50.5 Å². The van der Waals surface area contributed by atoms with E-state index < -0.39 is 18.0 Å². The minimum absolute atomic E-state index is 0.288. The summed E-state index contributed by atoms with van der Waals surface area (Å²) in [5.41, 5.74) is 2.07. The highest BCUT2D eigenvalue weighted by Gasteiger charge is 2.35. The highest BCUT2D eigenvalue weighted by molar-refractivity contribution is 6.05. The number of esters is 2. The van der Waals surface area contributed by atoms with Crippen molar-refractivity contribution in [3.05, 3.63) is 48.0 Å². The maximum Gasteiger partial charge on any atom is 0.347 e. The number of ether oxygens (including phenoxy) is 5. The maximum absolute atomic E-state index is 13.1. The Morgan fingerprint density at radius 3 is 2.31 bits per heavy atom. The molecule has 8 heteroatoms. The standard InChI is InChI=1S/C24H23NO7/c1-13-9-21(24(27)31-13)32-23(26)16-12-18(25-17-8-6-5-7-15(16)17)14-10-19(28-2)22(30-4)20(11-14)29-3/h5-8,10-13,21H,9H2,1-4H3. The molecule has 1 aliphatic heterocycles. The quantitative estimate of drug-likeness (QED) is 0.538. The summed E-state index contributed by atoms with van der Waals surface area (Å²) >= 11 is 0. The number of nitrogens with zero attached hydrogens (tertiary/aromatic N) is 1. The number of methoxy groups -OCH3 is 3. The van der Waals surface area contributed by atoms with Crippen LogP contribution in [0, 0.1) is 0 Å². The molecule has 8 nitrogen and oxygen atoms in total. The minimum atomic E-state index is -0.922. The molecule has 3 aromatic rings. The molecule has 166 valence electrons. The Morgan fingerprint density at radius 2 is 1.72 bits per heavy atom. The highest BCUT2D eigenvalue weighted by atomic mass is 16.6. The zero-order valence-corrected chi connectivity index (χ0v) is 18.2. The minimum Gasteiger partial charge on any atom is -0.493 e. The van der Waals surface area contributed by atoms with Crippen molar-refractivity contribution >= 4 is 22.8 Å². The fourth-order valence-electron chi connectivity index (χ4n) is 3.73. The first kappa shape index (κ1) is 21.4. The zero-order valence-electron chi connectivity index (χ0n) is 18.2. The molecule has 0 amide bonds. The molecule has 0 saturated carbocycles. The Balaban J connectivity index is 1.81. The number of hydrogen-bond acceptors (Lipinski definition) is 8. The second kappa shape index (κ2) is 8.74. The van der Waals surface area contributed by atoms with Crippen molar-refractivity contribution in [1.82, 2.24) is 4.98 Å². The molecule has 2 unspecified atom stereocenters. The smallest absolute Gasteiger partial charge is 0.347 e. The van der Waals surface area contributed by atoms with Gasteiger partial charge in [-0.25, -0.2) is 14.6 Å². The van der Waals surface area contributed by atoms with Gasteiger partial charge in [-0.05, 0) is 31.2 Å². The fraction of sp³-hybridized carbons (Fsp3) is 0.292. The largest absolute Gasteiger partial charge is 0.493 e. The summed E-state index contributed by atoms with van der Waals surface area (Å²) in [5, 5.41) is 0.619. The molecule has 0 radical (unpaired) electrons. The lowest BCUT2D eigenvalue weighted by molar-refractivity contribution is -0.147. The third kappa shape index (κ3) is 3.91. The van der Waals surface area contributed by atoms with Crippen molar-refractivity contribution in [2.24, 2.45) is 0 Å². The predicted molar refractivity (Wildman–Crippen MR) is 116 cm³/mol. The van der Waals surface area contributed by atoms with Gasteiger partial charge in [-0.2, -0.15) is 0 Å². The molecule has 32 heavy (non-hydrogen) atoms. The van der Waals surface area contributed by atoms with E-state index in [0.29, 0.717) is 51.4 Å². The average molecular weight is 437 g/mol. The van der Waals surface area contributed by atoms with Gasteiger partial charge < -0.3 is 23.7 Å². The van der Waals surface area contributed by atoms with E-state index in [2.05, 4.69) is 0 Å². The van der Waals surface area contributed by atoms with Crippen molar-refractivity contribution < 1.29 is 33.3 Å². The second-order valence-electron chi connectivity index (χ2n) is 7.36. The molecule has 1 aliphatic rings. The molecule has 4 rings (SSSR count). The lowest BCUT2D eigenvalue weighted by Crippen LogP contribution is -2.23. The van der Waals surface area contributed by atoms with Crippen LogP contribution in [-0.2, 0) is 14.3 Å². The van der Waals surface area contributed by atoms with Gasteiger partial charge in [0.15, 0.2) is 11.5 Å². The molecule has 1 aromatic heterocycles. The van der Waals surface area contributed by atoms with Crippen LogP contribution in [0.15, 0.2) is 42.5 Å². The van der Waals surface area contributed by atoms with Crippen molar-refractivity contribution in [2.45, 2.75) is 25.6 Å². The van der Waals surface area contributed by atoms with Gasteiger partial charge >= 0.3 is 11.9 Å². The first-order valence-electron chi connectivity index (χ1n) is 10.1. The van der Waals surface area contributed by atoms with Gasteiger partial charge in [-0.15, -0.1) is 0 Å². The van der Waals surface area contributed by atoms with Crippen molar-refractivity contribution in [3.63, 3.8) is 0 Å². The second-order valence-corrected chi connectivity index (χ2v) is 7.36. The Hall–Kier alpha value is -3.81. The summed E-state index contributed by atoms with van der Waals surface area (Å²) in [6.45, 7) is 1.76. The number of carbonyl (C=O) groups is 2. The summed E-state index contributed by atoms with van der Waals surface area (Å²) in [4.78, 5) is 29.7. The molecule has 2 atom stereocenters. The SMILES string of the molecule is COc1cc(-c2cc(C(=O)OC3CC(C)OC3=O)c3ccccc3n2)cc(OC)c1OC. The van der Waals surface area contributed by atoms with E-state index in [-0.39, 0.29) is 6.10 Å². The first-order valence-corrected chi connectivity index (χ1v) is 10.1. The number of rotatable bonds is 6. The van der Waals surface area contributed by atoms with Gasteiger partial charge in [0.1, 0.15) is 6.10 Å². The Labute approximate surface area is 185 Å². The van der Waals surface area contributed by atoms with Crippen LogP contribution in [0.25, 0.3) is 22.2 Å². The van der Waals surface area contributed by atoms with E-state index in [0.717, 1.165) is 0 Å².